The number of benzene rings is 4. The Morgan fingerprint density at radius 3 is 2.29 bits per heavy atom. The third-order valence-electron chi connectivity index (χ3n) is 7.50. The van der Waals surface area contributed by atoms with E-state index in [2.05, 4.69) is 65.2 Å². The van der Waals surface area contributed by atoms with Crippen LogP contribution in [0.3, 0.4) is 0 Å². The Labute approximate surface area is 247 Å². The van der Waals surface area contributed by atoms with E-state index in [1.807, 2.05) is 48.5 Å². The normalized spacial score (nSPS) is 13.9. The van der Waals surface area contributed by atoms with Gasteiger partial charge in [-0.15, -0.1) is 0 Å². The smallest absolute Gasteiger partial charge is 0.339 e. The number of likely N-dealkylation sites (N-methyl/N-ethyl adjacent to an activating group) is 1. The van der Waals surface area contributed by atoms with Gasteiger partial charge in [-0.25, -0.2) is 4.79 Å². The third-order valence-corrected chi connectivity index (χ3v) is 7.75. The number of carboxylic acids is 1. The van der Waals surface area contributed by atoms with Gasteiger partial charge >= 0.3 is 5.97 Å². The van der Waals surface area contributed by atoms with Gasteiger partial charge in [0.25, 0.3) is 0 Å². The molecule has 1 fully saturated rings. The second kappa shape index (κ2) is 13.2. The van der Waals surface area contributed by atoms with Crippen molar-refractivity contribution in [2.45, 2.75) is 13.0 Å². The topological polar surface area (TPSA) is 56.2 Å². The molecule has 1 saturated heterocycles. The van der Waals surface area contributed by atoms with E-state index in [0.29, 0.717) is 11.5 Å². The first kappa shape index (κ1) is 28.7. The fourth-order valence-electron chi connectivity index (χ4n) is 5.15. The lowest BCUT2D eigenvalue weighted by Crippen LogP contribution is -2.46. The van der Waals surface area contributed by atoms with E-state index in [-0.39, 0.29) is 5.56 Å². The molecule has 0 aliphatic carbocycles. The van der Waals surface area contributed by atoms with Crippen molar-refractivity contribution < 1.29 is 14.6 Å². The minimum Gasteiger partial charge on any atom is -0.478 e. The number of aromatic carboxylic acids is 1. The second-order valence-electron chi connectivity index (χ2n) is 10.7. The molecule has 7 heteroatoms. The molecule has 41 heavy (non-hydrogen) atoms. The van der Waals surface area contributed by atoms with Crippen LogP contribution in [0.1, 0.15) is 21.5 Å². The highest BCUT2D eigenvalue weighted by molar-refractivity contribution is 6.30. The summed E-state index contributed by atoms with van der Waals surface area (Å²) in [5.41, 5.74) is 6.02. The molecule has 0 spiro atoms. The van der Waals surface area contributed by atoms with Gasteiger partial charge in [0.2, 0.25) is 0 Å². The molecule has 5 rings (SSSR count). The predicted octanol–water partition coefficient (Wildman–Crippen LogP) is 6.92. The van der Waals surface area contributed by atoms with Crippen LogP contribution < -0.4 is 9.64 Å². The highest BCUT2D eigenvalue weighted by Crippen LogP contribution is 2.32. The van der Waals surface area contributed by atoms with Gasteiger partial charge in [0.05, 0.1) is 0 Å². The second-order valence-corrected chi connectivity index (χ2v) is 11.1. The molecule has 1 aliphatic rings. The molecule has 0 aromatic heterocycles. The molecule has 0 bridgehead atoms. The minimum absolute atomic E-state index is 0.155. The molecule has 0 saturated carbocycles. The summed E-state index contributed by atoms with van der Waals surface area (Å²) < 4.78 is 6.11. The summed E-state index contributed by atoms with van der Waals surface area (Å²) in [6, 6.07) is 29.8. The molecule has 4 aromatic rings. The molecule has 0 unspecified atom stereocenters. The van der Waals surface area contributed by atoms with Crippen molar-refractivity contribution in [1.29, 1.82) is 0 Å². The summed E-state index contributed by atoms with van der Waals surface area (Å²) in [6.07, 6.45) is 0.946. The molecule has 0 atom stereocenters. The average molecular weight is 570 g/mol. The van der Waals surface area contributed by atoms with Crippen LogP contribution in [0.25, 0.3) is 11.1 Å². The fraction of sp³-hybridized carbons (Fsp3) is 0.265. The zero-order chi connectivity index (χ0) is 28.8. The van der Waals surface area contributed by atoms with Crippen LogP contribution in [0.15, 0.2) is 91.0 Å². The van der Waals surface area contributed by atoms with E-state index < -0.39 is 5.97 Å². The number of ether oxygens (including phenoxy) is 1. The number of hydrogen-bond acceptors (Lipinski definition) is 5. The number of nitrogens with zero attached hydrogens (tertiary/aromatic N) is 3. The van der Waals surface area contributed by atoms with Crippen molar-refractivity contribution in [1.82, 2.24) is 9.80 Å². The van der Waals surface area contributed by atoms with Crippen LogP contribution >= 0.6 is 11.6 Å². The summed E-state index contributed by atoms with van der Waals surface area (Å²) >= 11 is 6.11. The van der Waals surface area contributed by atoms with Crippen LogP contribution in [0.5, 0.6) is 11.5 Å². The van der Waals surface area contributed by atoms with Crippen molar-refractivity contribution in [3.8, 4) is 22.6 Å². The quantitative estimate of drug-likeness (QED) is 0.224. The number of carboxylic acid groups (broad SMARTS) is 1. The number of anilines is 1. The molecular weight excluding hydrogens is 534 g/mol. The van der Waals surface area contributed by atoms with Crippen LogP contribution in [-0.4, -0.2) is 67.7 Å². The maximum Gasteiger partial charge on any atom is 0.339 e. The average Bonchev–Trinajstić information content (AvgIpc) is 2.98. The molecule has 1 N–H and O–H groups in total. The number of piperazine rings is 1. The van der Waals surface area contributed by atoms with Gasteiger partial charge in [-0.3, -0.25) is 4.90 Å². The zero-order valence-electron chi connectivity index (χ0n) is 23.6. The first-order chi connectivity index (χ1) is 19.9. The lowest BCUT2D eigenvalue weighted by atomic mass is 9.99. The number of carbonyl (C=O) groups is 1. The summed E-state index contributed by atoms with van der Waals surface area (Å²) in [5.74, 6) is -0.0175. The molecule has 6 nitrogen and oxygen atoms in total. The number of halogens is 1. The van der Waals surface area contributed by atoms with Crippen molar-refractivity contribution in [3.63, 3.8) is 0 Å². The summed E-state index contributed by atoms with van der Waals surface area (Å²) in [5, 5.41) is 10.5. The summed E-state index contributed by atoms with van der Waals surface area (Å²) in [6.45, 7) is 5.32. The zero-order valence-corrected chi connectivity index (χ0v) is 24.3. The van der Waals surface area contributed by atoms with E-state index in [1.54, 1.807) is 6.07 Å². The monoisotopic (exact) mass is 569 g/mol. The van der Waals surface area contributed by atoms with E-state index in [9.17, 15) is 9.90 Å². The SMILES string of the molecule is CN(C)CCc1ccc(Oc2cc(N3CCN(Cc4ccccc4-c4ccc(Cl)cc4)CC3)ccc2C(=O)O)cc1. The first-order valence-electron chi connectivity index (χ1n) is 14.0. The van der Waals surface area contributed by atoms with Crippen molar-refractivity contribution in [2.24, 2.45) is 0 Å². The van der Waals surface area contributed by atoms with Crippen molar-refractivity contribution >= 4 is 23.3 Å². The lowest BCUT2D eigenvalue weighted by Gasteiger charge is -2.36. The molecule has 0 amide bonds. The summed E-state index contributed by atoms with van der Waals surface area (Å²) in [7, 11) is 4.11. The Kier molecular flexibility index (Phi) is 9.24. The Hall–Kier alpha value is -3.84. The van der Waals surface area contributed by atoms with Crippen LogP contribution in [0, 0.1) is 0 Å². The van der Waals surface area contributed by atoms with Gasteiger partial charge in [-0.1, -0.05) is 60.1 Å². The van der Waals surface area contributed by atoms with Gasteiger partial charge in [0, 0.05) is 56.0 Å². The molecular formula is C34H36ClN3O3. The lowest BCUT2D eigenvalue weighted by molar-refractivity contribution is 0.0694. The Balaban J connectivity index is 1.25. The van der Waals surface area contributed by atoms with E-state index in [1.165, 1.54) is 16.7 Å². The predicted molar refractivity (Wildman–Crippen MR) is 167 cm³/mol. The molecule has 1 heterocycles. The van der Waals surface area contributed by atoms with E-state index in [4.69, 9.17) is 16.3 Å². The highest BCUT2D eigenvalue weighted by Gasteiger charge is 2.21. The van der Waals surface area contributed by atoms with Crippen LogP contribution in [0.2, 0.25) is 5.02 Å². The number of hydrogen-bond donors (Lipinski definition) is 1. The van der Waals surface area contributed by atoms with Gasteiger partial charge in [-0.2, -0.15) is 0 Å². The third kappa shape index (κ3) is 7.47. The Morgan fingerprint density at radius 2 is 1.61 bits per heavy atom. The van der Waals surface area contributed by atoms with Crippen LogP contribution in [0.4, 0.5) is 5.69 Å². The van der Waals surface area contributed by atoms with Crippen LogP contribution in [-0.2, 0) is 13.0 Å². The largest absolute Gasteiger partial charge is 0.478 e. The maximum absolute atomic E-state index is 12.0. The molecule has 212 valence electrons. The van der Waals surface area contributed by atoms with E-state index >= 15 is 0 Å². The highest BCUT2D eigenvalue weighted by atomic mass is 35.5. The van der Waals surface area contributed by atoms with Crippen molar-refractivity contribution in [3.05, 3.63) is 113 Å². The van der Waals surface area contributed by atoms with Gasteiger partial charge in [0.1, 0.15) is 17.1 Å². The Bertz CT molecular complexity index is 1460. The minimum atomic E-state index is -1.00. The standard InChI is InChI=1S/C34H36ClN3O3/c1-36(2)18-17-25-7-14-30(15-8-25)41-33-23-29(13-16-32(33)34(39)40)38-21-19-37(20-22-38)24-27-5-3-4-6-31(27)26-9-11-28(35)12-10-26/h3-16,23H,17-22,24H2,1-2H3,(H,39,40). The molecule has 1 aliphatic heterocycles. The first-order valence-corrected chi connectivity index (χ1v) is 14.3. The van der Waals surface area contributed by atoms with Gasteiger partial charge in [0.15, 0.2) is 0 Å². The molecule has 0 radical (unpaired) electrons. The maximum atomic E-state index is 12.0. The van der Waals surface area contributed by atoms with Gasteiger partial charge in [-0.05, 0) is 79.2 Å². The van der Waals surface area contributed by atoms with Gasteiger partial charge < -0.3 is 19.6 Å². The summed E-state index contributed by atoms with van der Waals surface area (Å²) in [4.78, 5) is 18.9. The number of rotatable bonds is 10. The van der Waals surface area contributed by atoms with Crippen molar-refractivity contribution in [2.75, 3.05) is 51.7 Å². The van der Waals surface area contributed by atoms with E-state index in [0.717, 1.165) is 62.0 Å². The molecule has 4 aromatic carbocycles. The fourth-order valence-corrected chi connectivity index (χ4v) is 5.27. The Morgan fingerprint density at radius 1 is 0.902 bits per heavy atom.